The number of carbonyl (C=O) groups is 1. The van der Waals surface area contributed by atoms with Gasteiger partial charge in [-0.1, -0.05) is 0 Å². The van der Waals surface area contributed by atoms with Crippen LogP contribution in [0.3, 0.4) is 0 Å². The highest BCUT2D eigenvalue weighted by molar-refractivity contribution is 5.90. The summed E-state index contributed by atoms with van der Waals surface area (Å²) in [6.07, 6.45) is 1.61. The second-order valence-corrected chi connectivity index (χ2v) is 4.39. The minimum Gasteiger partial charge on any atom is -0.462 e. The molecule has 0 saturated carbocycles. The molecular formula is C15H15ClN4O2. The van der Waals surface area contributed by atoms with Crippen LogP contribution in [0.25, 0.3) is 11.2 Å². The average Bonchev–Trinajstić information content (AvgIpc) is 2.96. The van der Waals surface area contributed by atoms with Gasteiger partial charge < -0.3 is 15.0 Å². The lowest BCUT2D eigenvalue weighted by Crippen LogP contribution is -2.04. The van der Waals surface area contributed by atoms with E-state index in [0.29, 0.717) is 23.6 Å². The lowest BCUT2D eigenvalue weighted by Gasteiger charge is -2.06. The van der Waals surface area contributed by atoms with E-state index in [0.717, 1.165) is 11.2 Å². The van der Waals surface area contributed by atoms with Gasteiger partial charge in [0.25, 0.3) is 0 Å². The molecule has 2 aromatic heterocycles. The van der Waals surface area contributed by atoms with E-state index in [4.69, 9.17) is 4.74 Å². The molecule has 2 heterocycles. The van der Waals surface area contributed by atoms with Crippen molar-refractivity contribution in [2.45, 2.75) is 6.92 Å². The molecule has 6 nitrogen and oxygen atoms in total. The Morgan fingerprint density at radius 2 is 2.00 bits per heavy atom. The smallest absolute Gasteiger partial charge is 0.338 e. The molecule has 114 valence electrons. The summed E-state index contributed by atoms with van der Waals surface area (Å²) in [5.41, 5.74) is 2.91. The zero-order valence-electron chi connectivity index (χ0n) is 11.9. The van der Waals surface area contributed by atoms with Gasteiger partial charge in [-0.3, -0.25) is 0 Å². The number of anilines is 2. The number of ether oxygens (including phenoxy) is 1. The highest BCUT2D eigenvalue weighted by Gasteiger charge is 2.06. The van der Waals surface area contributed by atoms with Crippen LogP contribution < -0.4 is 5.32 Å². The van der Waals surface area contributed by atoms with Gasteiger partial charge in [-0.15, -0.1) is 12.4 Å². The van der Waals surface area contributed by atoms with E-state index in [1.165, 1.54) is 0 Å². The summed E-state index contributed by atoms with van der Waals surface area (Å²) in [5.74, 6) is 0.374. The van der Waals surface area contributed by atoms with Crippen molar-refractivity contribution >= 4 is 41.0 Å². The fourth-order valence-electron chi connectivity index (χ4n) is 1.94. The summed E-state index contributed by atoms with van der Waals surface area (Å²) in [6.45, 7) is 2.15. The van der Waals surface area contributed by atoms with Gasteiger partial charge in [0.15, 0.2) is 5.65 Å². The molecule has 0 bridgehead atoms. The Kier molecular flexibility index (Phi) is 4.95. The minimum atomic E-state index is -0.319. The highest BCUT2D eigenvalue weighted by atomic mass is 35.5. The molecule has 0 radical (unpaired) electrons. The maximum Gasteiger partial charge on any atom is 0.338 e. The predicted molar refractivity (Wildman–Crippen MR) is 86.8 cm³/mol. The predicted octanol–water partition coefficient (Wildman–Crippen LogP) is 3.30. The van der Waals surface area contributed by atoms with Gasteiger partial charge in [0.2, 0.25) is 0 Å². The van der Waals surface area contributed by atoms with Crippen molar-refractivity contribution in [2.75, 3.05) is 11.9 Å². The third kappa shape index (κ3) is 3.35. The maximum absolute atomic E-state index is 11.6. The SMILES string of the molecule is CCOC(=O)c1ccc(Nc2ccc3[nH]cnc3n2)cc1.Cl. The van der Waals surface area contributed by atoms with E-state index in [-0.39, 0.29) is 18.4 Å². The van der Waals surface area contributed by atoms with Gasteiger partial charge in [-0.25, -0.2) is 14.8 Å². The molecule has 3 aromatic rings. The molecule has 2 N–H and O–H groups in total. The Labute approximate surface area is 133 Å². The van der Waals surface area contributed by atoms with Crippen molar-refractivity contribution in [3.05, 3.63) is 48.3 Å². The number of halogens is 1. The standard InChI is InChI=1S/C15H14N4O2.ClH/c1-2-21-15(20)10-3-5-11(6-4-10)18-13-8-7-12-14(19-13)17-9-16-12;/h3-9H,2H2,1H3,(H2,16,17,18,19);1H. The molecule has 3 rings (SSSR count). The molecular weight excluding hydrogens is 304 g/mol. The van der Waals surface area contributed by atoms with Crippen LogP contribution in [0.1, 0.15) is 17.3 Å². The van der Waals surface area contributed by atoms with Gasteiger partial charge in [0.1, 0.15) is 5.82 Å². The number of H-pyrrole nitrogens is 1. The Morgan fingerprint density at radius 3 is 2.73 bits per heavy atom. The summed E-state index contributed by atoms with van der Waals surface area (Å²) in [6, 6.07) is 10.8. The van der Waals surface area contributed by atoms with Crippen molar-refractivity contribution in [2.24, 2.45) is 0 Å². The lowest BCUT2D eigenvalue weighted by atomic mass is 10.2. The molecule has 0 unspecified atom stereocenters. The first kappa shape index (κ1) is 15.8. The van der Waals surface area contributed by atoms with Gasteiger partial charge >= 0.3 is 5.97 Å². The summed E-state index contributed by atoms with van der Waals surface area (Å²) >= 11 is 0. The topological polar surface area (TPSA) is 79.9 Å². The summed E-state index contributed by atoms with van der Waals surface area (Å²) in [7, 11) is 0. The number of fused-ring (bicyclic) bond motifs is 1. The monoisotopic (exact) mass is 318 g/mol. The van der Waals surface area contributed by atoms with E-state index < -0.39 is 0 Å². The number of imidazole rings is 1. The van der Waals surface area contributed by atoms with Crippen molar-refractivity contribution in [3.63, 3.8) is 0 Å². The molecule has 7 heteroatoms. The van der Waals surface area contributed by atoms with Crippen LogP contribution in [0.15, 0.2) is 42.7 Å². The number of hydrogen-bond acceptors (Lipinski definition) is 5. The van der Waals surface area contributed by atoms with Crippen LogP contribution in [0.5, 0.6) is 0 Å². The van der Waals surface area contributed by atoms with E-state index in [1.54, 1.807) is 25.4 Å². The molecule has 0 fully saturated rings. The summed E-state index contributed by atoms with van der Waals surface area (Å²) in [5, 5.41) is 3.17. The Balaban J connectivity index is 0.00000176. The Bertz CT molecular complexity index is 771. The number of carbonyl (C=O) groups excluding carboxylic acids is 1. The maximum atomic E-state index is 11.6. The summed E-state index contributed by atoms with van der Waals surface area (Å²) < 4.78 is 4.94. The van der Waals surface area contributed by atoms with E-state index in [2.05, 4.69) is 20.3 Å². The first-order valence-corrected chi connectivity index (χ1v) is 6.60. The van der Waals surface area contributed by atoms with Crippen molar-refractivity contribution in [3.8, 4) is 0 Å². The van der Waals surface area contributed by atoms with Crippen molar-refractivity contribution in [1.29, 1.82) is 0 Å². The lowest BCUT2D eigenvalue weighted by molar-refractivity contribution is 0.0526. The van der Waals surface area contributed by atoms with Crippen LogP contribution in [-0.4, -0.2) is 27.5 Å². The molecule has 0 amide bonds. The molecule has 0 atom stereocenters. The number of esters is 1. The first-order chi connectivity index (χ1) is 10.3. The van der Waals surface area contributed by atoms with E-state index in [9.17, 15) is 4.79 Å². The van der Waals surface area contributed by atoms with Crippen LogP contribution in [0, 0.1) is 0 Å². The minimum absolute atomic E-state index is 0. The third-order valence-electron chi connectivity index (χ3n) is 2.95. The number of aromatic amines is 1. The van der Waals surface area contributed by atoms with E-state index in [1.807, 2.05) is 24.3 Å². The Morgan fingerprint density at radius 1 is 1.23 bits per heavy atom. The fraction of sp³-hybridized carbons (Fsp3) is 0.133. The van der Waals surface area contributed by atoms with Crippen molar-refractivity contribution in [1.82, 2.24) is 15.0 Å². The number of rotatable bonds is 4. The zero-order valence-corrected chi connectivity index (χ0v) is 12.7. The number of benzene rings is 1. The molecule has 1 aromatic carbocycles. The summed E-state index contributed by atoms with van der Waals surface area (Å²) in [4.78, 5) is 23.0. The Hall–Kier alpha value is -2.60. The quantitative estimate of drug-likeness (QED) is 0.721. The normalized spacial score (nSPS) is 10.0. The number of hydrogen-bond donors (Lipinski definition) is 2. The number of nitrogens with one attached hydrogen (secondary N) is 2. The molecule has 0 aliphatic carbocycles. The van der Waals surface area contributed by atoms with Crippen molar-refractivity contribution < 1.29 is 9.53 Å². The number of nitrogens with zero attached hydrogens (tertiary/aromatic N) is 2. The first-order valence-electron chi connectivity index (χ1n) is 6.60. The zero-order chi connectivity index (χ0) is 14.7. The largest absolute Gasteiger partial charge is 0.462 e. The van der Waals surface area contributed by atoms with Crippen LogP contribution >= 0.6 is 12.4 Å². The van der Waals surface area contributed by atoms with Gasteiger partial charge in [-0.2, -0.15) is 0 Å². The number of aromatic nitrogens is 3. The molecule has 0 spiro atoms. The average molecular weight is 319 g/mol. The fourth-order valence-corrected chi connectivity index (χ4v) is 1.94. The van der Waals surface area contributed by atoms with E-state index >= 15 is 0 Å². The van der Waals surface area contributed by atoms with Gasteiger partial charge in [-0.05, 0) is 43.3 Å². The third-order valence-corrected chi connectivity index (χ3v) is 2.95. The van der Waals surface area contributed by atoms with Crippen LogP contribution in [0.2, 0.25) is 0 Å². The molecule has 22 heavy (non-hydrogen) atoms. The second-order valence-electron chi connectivity index (χ2n) is 4.39. The van der Waals surface area contributed by atoms with Gasteiger partial charge in [0.05, 0.1) is 24.0 Å². The highest BCUT2D eigenvalue weighted by Crippen LogP contribution is 2.17. The van der Waals surface area contributed by atoms with Crippen LogP contribution in [-0.2, 0) is 4.74 Å². The number of pyridine rings is 1. The van der Waals surface area contributed by atoms with Gasteiger partial charge in [0, 0.05) is 5.69 Å². The molecule has 0 aliphatic heterocycles. The molecule has 0 aliphatic rings. The second kappa shape index (κ2) is 6.91. The van der Waals surface area contributed by atoms with Crippen LogP contribution in [0.4, 0.5) is 11.5 Å². The molecule has 0 saturated heterocycles.